The molecule has 2 N–H and O–H groups in total. The van der Waals surface area contributed by atoms with Crippen LogP contribution in [0, 0.1) is 0 Å². The van der Waals surface area contributed by atoms with Crippen LogP contribution >= 0.6 is 11.6 Å². The van der Waals surface area contributed by atoms with Crippen LogP contribution in [0.3, 0.4) is 0 Å². The Morgan fingerprint density at radius 1 is 1.14 bits per heavy atom. The minimum Gasteiger partial charge on any atom is -0.436 e. The molecule has 3 aromatic rings. The van der Waals surface area contributed by atoms with Crippen LogP contribution in [-0.2, 0) is 5.41 Å². The Morgan fingerprint density at radius 3 is 2.57 bits per heavy atom. The summed E-state index contributed by atoms with van der Waals surface area (Å²) < 4.78 is 5.81. The molecule has 108 valence electrons. The van der Waals surface area contributed by atoms with Crippen LogP contribution in [0.2, 0.25) is 5.02 Å². The number of oxazole rings is 1. The molecule has 1 aromatic heterocycles. The molecule has 0 aliphatic rings. The second-order valence-electron chi connectivity index (χ2n) is 6.16. The lowest BCUT2D eigenvalue weighted by molar-refractivity contribution is 0.590. The van der Waals surface area contributed by atoms with Crippen LogP contribution in [0.25, 0.3) is 22.6 Å². The number of nitrogen functional groups attached to an aromatic ring is 1. The van der Waals surface area contributed by atoms with Gasteiger partial charge in [0, 0.05) is 5.69 Å². The fourth-order valence-corrected chi connectivity index (χ4v) is 2.53. The van der Waals surface area contributed by atoms with Crippen LogP contribution in [0.1, 0.15) is 26.3 Å². The maximum Gasteiger partial charge on any atom is 0.230 e. The highest BCUT2D eigenvalue weighted by atomic mass is 35.5. The third-order valence-electron chi connectivity index (χ3n) is 3.51. The van der Waals surface area contributed by atoms with Gasteiger partial charge in [0.1, 0.15) is 5.52 Å². The van der Waals surface area contributed by atoms with E-state index < -0.39 is 0 Å². The number of nitrogens with two attached hydrogens (primary N) is 1. The van der Waals surface area contributed by atoms with Gasteiger partial charge in [-0.3, -0.25) is 0 Å². The highest BCUT2D eigenvalue weighted by Crippen LogP contribution is 2.35. The summed E-state index contributed by atoms with van der Waals surface area (Å²) in [5, 5.41) is 0.539. The molecule has 0 spiro atoms. The lowest BCUT2D eigenvalue weighted by atomic mass is 9.87. The summed E-state index contributed by atoms with van der Waals surface area (Å²) in [4.78, 5) is 4.55. The average Bonchev–Trinajstić information content (AvgIpc) is 2.79. The summed E-state index contributed by atoms with van der Waals surface area (Å²) in [7, 11) is 0. The zero-order valence-electron chi connectivity index (χ0n) is 12.3. The molecule has 0 unspecified atom stereocenters. The number of hydrogen-bond acceptors (Lipinski definition) is 3. The average molecular weight is 301 g/mol. The fourth-order valence-electron chi connectivity index (χ4n) is 2.27. The van der Waals surface area contributed by atoms with Crippen molar-refractivity contribution < 1.29 is 4.42 Å². The Kier molecular flexibility index (Phi) is 3.18. The van der Waals surface area contributed by atoms with Crippen molar-refractivity contribution in [2.45, 2.75) is 26.2 Å². The van der Waals surface area contributed by atoms with Crippen molar-refractivity contribution in [2.24, 2.45) is 0 Å². The first-order valence-electron chi connectivity index (χ1n) is 6.82. The first kappa shape index (κ1) is 14.0. The van der Waals surface area contributed by atoms with Gasteiger partial charge in [-0.25, -0.2) is 4.98 Å². The van der Waals surface area contributed by atoms with E-state index >= 15 is 0 Å². The van der Waals surface area contributed by atoms with Crippen molar-refractivity contribution >= 4 is 28.4 Å². The zero-order valence-corrected chi connectivity index (χ0v) is 13.0. The van der Waals surface area contributed by atoms with Gasteiger partial charge in [-0.2, -0.15) is 0 Å². The summed E-state index contributed by atoms with van der Waals surface area (Å²) in [5.74, 6) is 0.458. The molecule has 0 fully saturated rings. The molecule has 1 heterocycles. The Bertz CT molecular complexity index is 795. The molecule has 0 amide bonds. The maximum atomic E-state index is 6.22. The predicted octanol–water partition coefficient (Wildman–Crippen LogP) is 5.03. The van der Waals surface area contributed by atoms with Gasteiger partial charge in [-0.05, 0) is 35.2 Å². The number of halogens is 1. The topological polar surface area (TPSA) is 52.0 Å². The molecule has 3 nitrogen and oxygen atoms in total. The minimum absolute atomic E-state index is 0.0662. The Morgan fingerprint density at radius 2 is 1.90 bits per heavy atom. The molecular formula is C17H17ClN2O. The highest BCUT2D eigenvalue weighted by molar-refractivity contribution is 6.33. The van der Waals surface area contributed by atoms with Gasteiger partial charge in [-0.1, -0.05) is 44.5 Å². The van der Waals surface area contributed by atoms with Crippen molar-refractivity contribution in [1.82, 2.24) is 4.98 Å². The molecule has 0 saturated heterocycles. The van der Waals surface area contributed by atoms with E-state index in [0.717, 1.165) is 11.1 Å². The first-order valence-corrected chi connectivity index (χ1v) is 7.19. The molecule has 3 rings (SSSR count). The number of anilines is 1. The molecule has 0 atom stereocenters. The van der Waals surface area contributed by atoms with E-state index in [0.29, 0.717) is 22.2 Å². The molecule has 0 bridgehead atoms. The number of fused-ring (bicyclic) bond motifs is 1. The van der Waals surface area contributed by atoms with E-state index in [1.54, 1.807) is 12.1 Å². The lowest BCUT2D eigenvalue weighted by Gasteiger charge is -2.18. The fraction of sp³-hybridized carbons (Fsp3) is 0.235. The lowest BCUT2D eigenvalue weighted by Crippen LogP contribution is -2.10. The predicted molar refractivity (Wildman–Crippen MR) is 87.6 cm³/mol. The van der Waals surface area contributed by atoms with Gasteiger partial charge in [0.05, 0.1) is 10.6 Å². The number of benzene rings is 2. The summed E-state index contributed by atoms with van der Waals surface area (Å²) in [6, 6.07) is 11.4. The Balaban J connectivity index is 2.18. The SMILES string of the molecule is CC(C)(C)c1ccc2oc(-c3c(N)cccc3Cl)nc2c1. The van der Waals surface area contributed by atoms with Crippen LogP contribution in [0.4, 0.5) is 5.69 Å². The van der Waals surface area contributed by atoms with E-state index in [9.17, 15) is 0 Å². The van der Waals surface area contributed by atoms with E-state index in [1.807, 2.05) is 12.1 Å². The normalized spacial score (nSPS) is 12.0. The van der Waals surface area contributed by atoms with Gasteiger partial charge in [0.15, 0.2) is 5.58 Å². The minimum atomic E-state index is 0.0662. The van der Waals surface area contributed by atoms with Gasteiger partial charge in [-0.15, -0.1) is 0 Å². The zero-order chi connectivity index (χ0) is 15.2. The van der Waals surface area contributed by atoms with Crippen molar-refractivity contribution in [2.75, 3.05) is 5.73 Å². The number of rotatable bonds is 1. The van der Waals surface area contributed by atoms with Gasteiger partial charge in [0.25, 0.3) is 0 Å². The molecule has 0 saturated carbocycles. The van der Waals surface area contributed by atoms with Crippen LogP contribution in [0.15, 0.2) is 40.8 Å². The quantitative estimate of drug-likeness (QED) is 0.641. The first-order chi connectivity index (χ1) is 9.86. The number of hydrogen-bond donors (Lipinski definition) is 1. The highest BCUT2D eigenvalue weighted by Gasteiger charge is 2.18. The van der Waals surface area contributed by atoms with Crippen LogP contribution in [0.5, 0.6) is 0 Å². The van der Waals surface area contributed by atoms with Crippen LogP contribution in [-0.4, -0.2) is 4.98 Å². The van der Waals surface area contributed by atoms with Crippen molar-refractivity contribution in [3.63, 3.8) is 0 Å². The maximum absolute atomic E-state index is 6.22. The third kappa shape index (κ3) is 2.49. The van der Waals surface area contributed by atoms with E-state index in [4.69, 9.17) is 21.8 Å². The molecule has 4 heteroatoms. The van der Waals surface area contributed by atoms with Gasteiger partial charge in [0.2, 0.25) is 5.89 Å². The van der Waals surface area contributed by atoms with Crippen LogP contribution < -0.4 is 5.73 Å². The Labute approximate surface area is 128 Å². The standard InChI is InChI=1S/C17H17ClN2O/c1-17(2,3)10-7-8-14-13(9-10)20-16(21-14)15-11(18)5-4-6-12(15)19/h4-9H,19H2,1-3H3. The summed E-state index contributed by atoms with van der Waals surface area (Å²) >= 11 is 6.22. The molecule has 0 aliphatic heterocycles. The summed E-state index contributed by atoms with van der Waals surface area (Å²) in [6.07, 6.45) is 0. The van der Waals surface area contributed by atoms with E-state index in [1.165, 1.54) is 5.56 Å². The second-order valence-corrected chi connectivity index (χ2v) is 6.56. The van der Waals surface area contributed by atoms with Crippen molar-refractivity contribution in [3.8, 4) is 11.5 Å². The van der Waals surface area contributed by atoms with E-state index in [-0.39, 0.29) is 5.41 Å². The molecular weight excluding hydrogens is 284 g/mol. The second kappa shape index (κ2) is 4.78. The number of nitrogens with zero attached hydrogens (tertiary/aromatic N) is 1. The molecule has 0 radical (unpaired) electrons. The summed E-state index contributed by atoms with van der Waals surface area (Å²) in [6.45, 7) is 6.50. The molecule has 2 aromatic carbocycles. The monoisotopic (exact) mass is 300 g/mol. The van der Waals surface area contributed by atoms with E-state index in [2.05, 4.69) is 37.9 Å². The van der Waals surface area contributed by atoms with Gasteiger partial charge < -0.3 is 10.2 Å². The van der Waals surface area contributed by atoms with Crippen molar-refractivity contribution in [3.05, 3.63) is 47.0 Å². The number of aromatic nitrogens is 1. The third-order valence-corrected chi connectivity index (χ3v) is 3.83. The molecule has 0 aliphatic carbocycles. The largest absolute Gasteiger partial charge is 0.436 e. The Hall–Kier alpha value is -2.00. The smallest absolute Gasteiger partial charge is 0.230 e. The molecule has 21 heavy (non-hydrogen) atoms. The summed E-state index contributed by atoms with van der Waals surface area (Å²) in [5.41, 5.74) is 10.0. The van der Waals surface area contributed by atoms with Gasteiger partial charge >= 0.3 is 0 Å². The van der Waals surface area contributed by atoms with Crippen molar-refractivity contribution in [1.29, 1.82) is 0 Å².